The molecule has 0 N–H and O–H groups in total. The van der Waals surface area contributed by atoms with E-state index in [1.807, 2.05) is 48.2 Å². The molecule has 3 aromatic rings. The van der Waals surface area contributed by atoms with Crippen LogP contribution in [-0.4, -0.2) is 15.6 Å². The van der Waals surface area contributed by atoms with Gasteiger partial charge in [-0.1, -0.05) is 35.5 Å². The summed E-state index contributed by atoms with van der Waals surface area (Å²) in [6.07, 6.45) is 2.16. The summed E-state index contributed by atoms with van der Waals surface area (Å²) in [6.45, 7) is 4.34. The fourth-order valence-corrected chi connectivity index (χ4v) is 3.08. The summed E-state index contributed by atoms with van der Waals surface area (Å²) in [5.74, 6) is 0.484. The van der Waals surface area contributed by atoms with E-state index in [9.17, 15) is 4.79 Å². The van der Waals surface area contributed by atoms with E-state index in [0.717, 1.165) is 11.3 Å². The second-order valence-corrected chi connectivity index (χ2v) is 6.16. The van der Waals surface area contributed by atoms with Crippen LogP contribution in [0.2, 0.25) is 0 Å². The fourth-order valence-electron chi connectivity index (χ4n) is 2.34. The lowest BCUT2D eigenvalue weighted by atomic mass is 10.1. The lowest BCUT2D eigenvalue weighted by molar-refractivity contribution is -0.117. The topological polar surface area (TPSA) is 60.4 Å². The van der Waals surface area contributed by atoms with Crippen molar-refractivity contribution in [3.63, 3.8) is 0 Å². The standard InChI is InChI=1S/C17H17N3O2S/c1-12-15(13(2)22-19-12)10-16(21)18-17-20(8-9-23-17)11-14-6-4-3-5-7-14/h3-9H,10-11H2,1-2H3. The highest BCUT2D eigenvalue weighted by atomic mass is 32.1. The van der Waals surface area contributed by atoms with Crippen molar-refractivity contribution < 1.29 is 9.32 Å². The Morgan fingerprint density at radius 3 is 2.78 bits per heavy atom. The average molecular weight is 327 g/mol. The summed E-state index contributed by atoms with van der Waals surface area (Å²) in [7, 11) is 0. The average Bonchev–Trinajstić information content (AvgIpc) is 3.10. The Bertz CT molecular complexity index is 855. The summed E-state index contributed by atoms with van der Waals surface area (Å²) in [5.41, 5.74) is 2.74. The number of amides is 1. The first kappa shape index (κ1) is 15.4. The number of carbonyl (C=O) groups is 1. The largest absolute Gasteiger partial charge is 0.361 e. The third-order valence-corrected chi connectivity index (χ3v) is 4.38. The monoisotopic (exact) mass is 327 g/mol. The van der Waals surface area contributed by atoms with Gasteiger partial charge in [0, 0.05) is 23.7 Å². The van der Waals surface area contributed by atoms with Gasteiger partial charge in [0.2, 0.25) is 0 Å². The van der Waals surface area contributed by atoms with E-state index in [2.05, 4.69) is 22.3 Å². The predicted molar refractivity (Wildman–Crippen MR) is 88.1 cm³/mol. The number of thiazole rings is 1. The number of hydrogen-bond acceptors (Lipinski definition) is 4. The van der Waals surface area contributed by atoms with Crippen molar-refractivity contribution in [2.75, 3.05) is 0 Å². The fraction of sp³-hybridized carbons (Fsp3) is 0.235. The van der Waals surface area contributed by atoms with Gasteiger partial charge >= 0.3 is 0 Å². The zero-order chi connectivity index (χ0) is 16.2. The van der Waals surface area contributed by atoms with E-state index < -0.39 is 0 Å². The van der Waals surface area contributed by atoms with Crippen LogP contribution in [0.1, 0.15) is 22.6 Å². The lowest BCUT2D eigenvalue weighted by Gasteiger charge is -2.02. The lowest BCUT2D eigenvalue weighted by Crippen LogP contribution is -2.17. The van der Waals surface area contributed by atoms with Crippen LogP contribution < -0.4 is 4.80 Å². The zero-order valence-electron chi connectivity index (χ0n) is 13.0. The van der Waals surface area contributed by atoms with Crippen LogP contribution in [0, 0.1) is 13.8 Å². The molecule has 1 aromatic carbocycles. The van der Waals surface area contributed by atoms with Gasteiger partial charge in [0.25, 0.3) is 5.91 Å². The Hall–Kier alpha value is -2.47. The summed E-state index contributed by atoms with van der Waals surface area (Å²) >= 11 is 1.45. The highest BCUT2D eigenvalue weighted by molar-refractivity contribution is 7.07. The van der Waals surface area contributed by atoms with Gasteiger partial charge in [0.1, 0.15) is 5.76 Å². The van der Waals surface area contributed by atoms with Gasteiger partial charge in [-0.2, -0.15) is 4.99 Å². The molecule has 0 fully saturated rings. The molecule has 118 valence electrons. The molecule has 0 radical (unpaired) electrons. The molecule has 0 aliphatic rings. The summed E-state index contributed by atoms with van der Waals surface area (Å²) in [5, 5.41) is 5.80. The van der Waals surface area contributed by atoms with Gasteiger partial charge in [0.05, 0.1) is 12.1 Å². The van der Waals surface area contributed by atoms with E-state index in [1.54, 1.807) is 0 Å². The van der Waals surface area contributed by atoms with Crippen LogP contribution in [0.3, 0.4) is 0 Å². The third kappa shape index (κ3) is 3.65. The van der Waals surface area contributed by atoms with Crippen molar-refractivity contribution in [1.82, 2.24) is 9.72 Å². The first-order valence-corrected chi connectivity index (χ1v) is 8.18. The Morgan fingerprint density at radius 1 is 1.30 bits per heavy atom. The van der Waals surface area contributed by atoms with E-state index >= 15 is 0 Å². The molecule has 2 heterocycles. The first-order valence-electron chi connectivity index (χ1n) is 7.30. The maximum absolute atomic E-state index is 12.2. The van der Waals surface area contributed by atoms with Crippen LogP contribution in [0.25, 0.3) is 0 Å². The van der Waals surface area contributed by atoms with Crippen LogP contribution in [0.5, 0.6) is 0 Å². The molecule has 2 aromatic heterocycles. The minimum atomic E-state index is -0.191. The van der Waals surface area contributed by atoms with E-state index in [4.69, 9.17) is 4.52 Å². The van der Waals surface area contributed by atoms with Crippen molar-refractivity contribution in [2.24, 2.45) is 4.99 Å². The first-order chi connectivity index (χ1) is 11.1. The molecule has 0 saturated heterocycles. The number of nitrogens with zero attached hydrogens (tertiary/aromatic N) is 3. The molecule has 0 atom stereocenters. The molecule has 0 bridgehead atoms. The summed E-state index contributed by atoms with van der Waals surface area (Å²) in [6, 6.07) is 10.1. The van der Waals surface area contributed by atoms with Crippen LogP contribution in [-0.2, 0) is 17.8 Å². The number of rotatable bonds is 4. The Kier molecular flexibility index (Phi) is 4.52. The third-order valence-electron chi connectivity index (χ3n) is 3.59. The maximum atomic E-state index is 12.2. The second-order valence-electron chi connectivity index (χ2n) is 5.28. The number of hydrogen-bond donors (Lipinski definition) is 0. The number of benzene rings is 1. The zero-order valence-corrected chi connectivity index (χ0v) is 13.8. The SMILES string of the molecule is Cc1noc(C)c1CC(=O)N=c1sccn1Cc1ccccc1. The molecule has 3 rings (SSSR count). The highest BCUT2D eigenvalue weighted by Crippen LogP contribution is 2.13. The van der Waals surface area contributed by atoms with Crippen molar-refractivity contribution >= 4 is 17.2 Å². The van der Waals surface area contributed by atoms with Gasteiger partial charge in [-0.25, -0.2) is 0 Å². The molecule has 23 heavy (non-hydrogen) atoms. The molecule has 0 aliphatic carbocycles. The van der Waals surface area contributed by atoms with Crippen LogP contribution in [0.4, 0.5) is 0 Å². The Labute approximate surface area is 137 Å². The highest BCUT2D eigenvalue weighted by Gasteiger charge is 2.13. The summed E-state index contributed by atoms with van der Waals surface area (Å²) in [4.78, 5) is 17.2. The van der Waals surface area contributed by atoms with Crippen molar-refractivity contribution in [3.8, 4) is 0 Å². The predicted octanol–water partition coefficient (Wildman–Crippen LogP) is 2.87. The maximum Gasteiger partial charge on any atom is 0.252 e. The number of aromatic nitrogens is 2. The van der Waals surface area contributed by atoms with Gasteiger partial charge in [-0.05, 0) is 19.4 Å². The number of carbonyl (C=O) groups excluding carboxylic acids is 1. The minimum Gasteiger partial charge on any atom is -0.361 e. The molecule has 0 saturated carbocycles. The minimum absolute atomic E-state index is 0.191. The summed E-state index contributed by atoms with van der Waals surface area (Å²) < 4.78 is 7.07. The Morgan fingerprint density at radius 2 is 2.09 bits per heavy atom. The van der Waals surface area contributed by atoms with E-state index in [-0.39, 0.29) is 12.3 Å². The Balaban J connectivity index is 1.80. The smallest absolute Gasteiger partial charge is 0.252 e. The normalized spacial score (nSPS) is 11.8. The van der Waals surface area contributed by atoms with Crippen LogP contribution in [0.15, 0.2) is 51.4 Å². The molecule has 0 aliphatic heterocycles. The molecule has 5 nitrogen and oxygen atoms in total. The van der Waals surface area contributed by atoms with Crippen molar-refractivity contribution in [2.45, 2.75) is 26.8 Å². The van der Waals surface area contributed by atoms with Crippen LogP contribution >= 0.6 is 11.3 Å². The molecule has 0 unspecified atom stereocenters. The molecule has 0 spiro atoms. The van der Waals surface area contributed by atoms with Crippen molar-refractivity contribution in [3.05, 3.63) is 69.3 Å². The van der Waals surface area contributed by atoms with Gasteiger partial charge < -0.3 is 9.09 Å². The van der Waals surface area contributed by atoms with Crippen molar-refractivity contribution in [1.29, 1.82) is 0 Å². The number of aryl methyl sites for hydroxylation is 2. The van der Waals surface area contributed by atoms with Gasteiger partial charge in [0.15, 0.2) is 4.80 Å². The second kappa shape index (κ2) is 6.75. The molecular weight excluding hydrogens is 310 g/mol. The quantitative estimate of drug-likeness (QED) is 0.740. The molecule has 1 amide bonds. The van der Waals surface area contributed by atoms with E-state index in [1.165, 1.54) is 16.9 Å². The molecule has 6 heteroatoms. The van der Waals surface area contributed by atoms with Gasteiger partial charge in [-0.3, -0.25) is 4.79 Å². The molecular formula is C17H17N3O2S. The van der Waals surface area contributed by atoms with Gasteiger partial charge in [-0.15, -0.1) is 11.3 Å². The van der Waals surface area contributed by atoms with E-state index in [0.29, 0.717) is 17.1 Å².